The van der Waals surface area contributed by atoms with E-state index in [1.807, 2.05) is 12.1 Å². The molecule has 5 nitrogen and oxygen atoms in total. The van der Waals surface area contributed by atoms with Crippen molar-refractivity contribution >= 4 is 17.5 Å². The van der Waals surface area contributed by atoms with E-state index in [2.05, 4.69) is 4.98 Å². The van der Waals surface area contributed by atoms with Gasteiger partial charge in [-0.05, 0) is 37.6 Å². The molecule has 0 bridgehead atoms. The van der Waals surface area contributed by atoms with Crippen LogP contribution in [-0.4, -0.2) is 39.6 Å². The molecule has 1 atom stereocenters. The van der Waals surface area contributed by atoms with Gasteiger partial charge in [0.1, 0.15) is 6.26 Å². The third-order valence-electron chi connectivity index (χ3n) is 3.78. The molecule has 1 saturated heterocycles. The van der Waals surface area contributed by atoms with Gasteiger partial charge in [0.15, 0.2) is 0 Å². The fourth-order valence-corrected chi connectivity index (χ4v) is 2.66. The zero-order valence-corrected chi connectivity index (χ0v) is 13.0. The number of oxazole rings is 1. The number of β-amino-alcohol motifs (C(OH)–C–C–N with tert-alkyl or cyclic N) is 1. The van der Waals surface area contributed by atoms with Gasteiger partial charge in [-0.3, -0.25) is 4.79 Å². The van der Waals surface area contributed by atoms with E-state index in [0.717, 1.165) is 5.56 Å². The Kier molecular flexibility index (Phi) is 3.93. The van der Waals surface area contributed by atoms with Gasteiger partial charge in [-0.15, -0.1) is 0 Å². The van der Waals surface area contributed by atoms with E-state index in [4.69, 9.17) is 16.0 Å². The molecule has 0 saturated carbocycles. The molecule has 1 unspecified atom stereocenters. The van der Waals surface area contributed by atoms with Crippen molar-refractivity contribution in [1.29, 1.82) is 0 Å². The molecule has 6 heteroatoms. The highest BCUT2D eigenvalue weighted by molar-refractivity contribution is 6.30. The fraction of sp³-hybridized carbons (Fsp3) is 0.375. The van der Waals surface area contributed by atoms with Crippen molar-refractivity contribution in [2.45, 2.75) is 25.4 Å². The van der Waals surface area contributed by atoms with Crippen LogP contribution in [0, 0.1) is 0 Å². The number of aromatic nitrogens is 1. The fourth-order valence-electron chi connectivity index (χ4n) is 2.54. The highest BCUT2D eigenvalue weighted by Crippen LogP contribution is 2.23. The lowest BCUT2D eigenvalue weighted by Gasteiger charge is -2.18. The minimum atomic E-state index is -0.784. The van der Waals surface area contributed by atoms with Gasteiger partial charge >= 0.3 is 0 Å². The maximum atomic E-state index is 12.2. The Morgan fingerprint density at radius 2 is 2.18 bits per heavy atom. The second-order valence-electron chi connectivity index (χ2n) is 5.89. The van der Waals surface area contributed by atoms with Crippen LogP contribution in [0.5, 0.6) is 0 Å². The van der Waals surface area contributed by atoms with Crippen LogP contribution in [0.3, 0.4) is 0 Å². The summed E-state index contributed by atoms with van der Waals surface area (Å²) in [5.74, 6) is 0.418. The molecule has 1 aliphatic rings. The molecule has 0 spiro atoms. The lowest BCUT2D eigenvalue weighted by molar-refractivity contribution is -0.130. The molecule has 22 heavy (non-hydrogen) atoms. The highest BCUT2D eigenvalue weighted by Gasteiger charge is 2.34. The SMILES string of the molecule is CC1(O)CCN(C(=O)Cc2coc(-c3ccc(Cl)cc3)n2)C1. The topological polar surface area (TPSA) is 66.6 Å². The van der Waals surface area contributed by atoms with Gasteiger partial charge in [0, 0.05) is 23.7 Å². The first-order valence-corrected chi connectivity index (χ1v) is 7.51. The number of nitrogens with zero attached hydrogens (tertiary/aromatic N) is 2. The second kappa shape index (κ2) is 5.74. The number of aliphatic hydroxyl groups is 1. The predicted octanol–water partition coefficient (Wildman–Crippen LogP) is 2.52. The quantitative estimate of drug-likeness (QED) is 0.943. The van der Waals surface area contributed by atoms with Crippen molar-refractivity contribution in [1.82, 2.24) is 9.88 Å². The van der Waals surface area contributed by atoms with Crippen molar-refractivity contribution in [3.05, 3.63) is 41.2 Å². The Morgan fingerprint density at radius 3 is 2.82 bits per heavy atom. The molecule has 1 N–H and O–H groups in total. The largest absolute Gasteiger partial charge is 0.444 e. The number of benzene rings is 1. The van der Waals surface area contributed by atoms with E-state index in [1.165, 1.54) is 6.26 Å². The van der Waals surface area contributed by atoms with Crippen LogP contribution < -0.4 is 0 Å². The van der Waals surface area contributed by atoms with Gasteiger partial charge in [-0.1, -0.05) is 11.6 Å². The van der Waals surface area contributed by atoms with Gasteiger partial charge in [0.2, 0.25) is 11.8 Å². The van der Waals surface area contributed by atoms with Crippen LogP contribution in [0.25, 0.3) is 11.5 Å². The van der Waals surface area contributed by atoms with Crippen molar-refractivity contribution in [2.75, 3.05) is 13.1 Å². The molecule has 1 amide bonds. The number of rotatable bonds is 3. The number of amides is 1. The Labute approximate surface area is 133 Å². The van der Waals surface area contributed by atoms with Crippen molar-refractivity contribution < 1.29 is 14.3 Å². The van der Waals surface area contributed by atoms with Crippen molar-refractivity contribution in [3.63, 3.8) is 0 Å². The first-order valence-electron chi connectivity index (χ1n) is 7.13. The molecule has 2 heterocycles. The summed E-state index contributed by atoms with van der Waals surface area (Å²) in [6, 6.07) is 7.16. The van der Waals surface area contributed by atoms with E-state index < -0.39 is 5.60 Å². The molecule has 2 aromatic rings. The first kappa shape index (κ1) is 15.1. The van der Waals surface area contributed by atoms with E-state index >= 15 is 0 Å². The lowest BCUT2D eigenvalue weighted by Crippen LogP contribution is -2.34. The smallest absolute Gasteiger partial charge is 0.228 e. The maximum Gasteiger partial charge on any atom is 0.228 e. The molecule has 1 fully saturated rings. The summed E-state index contributed by atoms with van der Waals surface area (Å²) in [6.07, 6.45) is 2.27. The van der Waals surface area contributed by atoms with E-state index in [-0.39, 0.29) is 12.3 Å². The third kappa shape index (κ3) is 3.31. The summed E-state index contributed by atoms with van der Waals surface area (Å²) in [4.78, 5) is 18.2. The van der Waals surface area contributed by atoms with E-state index in [0.29, 0.717) is 36.1 Å². The third-order valence-corrected chi connectivity index (χ3v) is 4.03. The normalized spacial score (nSPS) is 21.3. The zero-order chi connectivity index (χ0) is 15.7. The summed E-state index contributed by atoms with van der Waals surface area (Å²) in [5.41, 5.74) is 0.613. The summed E-state index contributed by atoms with van der Waals surface area (Å²) in [7, 11) is 0. The van der Waals surface area contributed by atoms with Gasteiger partial charge in [-0.25, -0.2) is 4.98 Å². The molecule has 1 aliphatic heterocycles. The average molecular weight is 321 g/mol. The Balaban J connectivity index is 1.67. The molecule has 3 rings (SSSR count). The minimum absolute atomic E-state index is 0.0475. The number of hydrogen-bond acceptors (Lipinski definition) is 4. The van der Waals surface area contributed by atoms with Gasteiger partial charge in [0.05, 0.1) is 17.7 Å². The van der Waals surface area contributed by atoms with E-state index in [9.17, 15) is 9.90 Å². The number of carbonyl (C=O) groups excluding carboxylic acids is 1. The van der Waals surface area contributed by atoms with Crippen LogP contribution in [0.15, 0.2) is 34.9 Å². The molecule has 1 aromatic carbocycles. The van der Waals surface area contributed by atoms with Crippen LogP contribution in [0.1, 0.15) is 19.0 Å². The Bertz CT molecular complexity index is 679. The zero-order valence-electron chi connectivity index (χ0n) is 12.3. The second-order valence-corrected chi connectivity index (χ2v) is 6.33. The summed E-state index contributed by atoms with van der Waals surface area (Å²) in [5, 5.41) is 10.6. The average Bonchev–Trinajstić information content (AvgIpc) is 3.06. The summed E-state index contributed by atoms with van der Waals surface area (Å²) >= 11 is 5.85. The molecule has 1 aromatic heterocycles. The van der Waals surface area contributed by atoms with Crippen LogP contribution >= 0.6 is 11.6 Å². The van der Waals surface area contributed by atoms with Crippen LogP contribution in [0.4, 0.5) is 0 Å². The van der Waals surface area contributed by atoms with Crippen LogP contribution in [-0.2, 0) is 11.2 Å². The summed E-state index contributed by atoms with van der Waals surface area (Å²) < 4.78 is 5.42. The first-order chi connectivity index (χ1) is 10.4. The highest BCUT2D eigenvalue weighted by atomic mass is 35.5. The molecule has 0 radical (unpaired) electrons. The van der Waals surface area contributed by atoms with Crippen molar-refractivity contribution in [2.24, 2.45) is 0 Å². The number of hydrogen-bond donors (Lipinski definition) is 1. The Morgan fingerprint density at radius 1 is 1.45 bits per heavy atom. The monoisotopic (exact) mass is 320 g/mol. The summed E-state index contributed by atoms with van der Waals surface area (Å²) in [6.45, 7) is 2.69. The molecular weight excluding hydrogens is 304 g/mol. The number of carbonyl (C=O) groups is 1. The number of halogens is 1. The molecule has 0 aliphatic carbocycles. The standard InChI is InChI=1S/C16H17ClN2O3/c1-16(21)6-7-19(10-16)14(20)8-13-9-22-15(18-13)11-2-4-12(17)5-3-11/h2-5,9,21H,6-8,10H2,1H3. The molecular formula is C16H17ClN2O3. The minimum Gasteiger partial charge on any atom is -0.444 e. The van der Waals surface area contributed by atoms with Crippen molar-refractivity contribution in [3.8, 4) is 11.5 Å². The van der Waals surface area contributed by atoms with Crippen LogP contribution in [0.2, 0.25) is 5.02 Å². The maximum absolute atomic E-state index is 12.2. The lowest BCUT2D eigenvalue weighted by atomic mass is 10.1. The number of likely N-dealkylation sites (tertiary alicyclic amines) is 1. The Hall–Kier alpha value is -1.85. The van der Waals surface area contributed by atoms with Gasteiger partial charge in [-0.2, -0.15) is 0 Å². The van der Waals surface area contributed by atoms with E-state index in [1.54, 1.807) is 24.0 Å². The van der Waals surface area contributed by atoms with Gasteiger partial charge < -0.3 is 14.4 Å². The van der Waals surface area contributed by atoms with Gasteiger partial charge in [0.25, 0.3) is 0 Å². The molecule has 116 valence electrons. The predicted molar refractivity (Wildman–Crippen MR) is 82.5 cm³/mol.